The minimum Gasteiger partial charge on any atom is -0.317 e. The zero-order valence-corrected chi connectivity index (χ0v) is 14.0. The largest absolute Gasteiger partial charge is 0.317 e. The van der Waals surface area contributed by atoms with E-state index in [2.05, 4.69) is 22.1 Å². The van der Waals surface area contributed by atoms with Crippen molar-refractivity contribution in [3.63, 3.8) is 0 Å². The van der Waals surface area contributed by atoms with Gasteiger partial charge in [0.2, 0.25) is 10.0 Å². The summed E-state index contributed by atoms with van der Waals surface area (Å²) in [7, 11) is -3.44. The summed E-state index contributed by atoms with van der Waals surface area (Å²) in [5, 5.41) is 7.64. The van der Waals surface area contributed by atoms with Crippen LogP contribution in [0.3, 0.4) is 0 Å². The van der Waals surface area contributed by atoms with Crippen LogP contribution >= 0.6 is 0 Å². The highest BCUT2D eigenvalue weighted by Crippen LogP contribution is 2.28. The molecule has 21 heavy (non-hydrogen) atoms. The van der Waals surface area contributed by atoms with E-state index in [1.807, 2.05) is 6.92 Å². The lowest BCUT2D eigenvalue weighted by atomic mass is 10.4. The monoisotopic (exact) mass is 314 g/mol. The molecule has 0 atom stereocenters. The summed E-state index contributed by atoms with van der Waals surface area (Å²) in [5.74, 6) is 0.524. The van der Waals surface area contributed by atoms with E-state index < -0.39 is 10.0 Å². The highest BCUT2D eigenvalue weighted by atomic mass is 32.2. The second-order valence-electron chi connectivity index (χ2n) is 5.73. The van der Waals surface area contributed by atoms with Crippen molar-refractivity contribution < 1.29 is 8.42 Å². The van der Waals surface area contributed by atoms with Crippen LogP contribution < -0.4 is 10.0 Å². The third kappa shape index (κ3) is 4.28. The molecule has 1 heterocycles. The van der Waals surface area contributed by atoms with E-state index in [0.29, 0.717) is 23.1 Å². The van der Waals surface area contributed by atoms with Crippen molar-refractivity contribution >= 4 is 10.0 Å². The molecule has 1 saturated carbocycles. The fraction of sp³-hybridized carbons (Fsp3) is 0.786. The van der Waals surface area contributed by atoms with Crippen LogP contribution in [0, 0.1) is 19.8 Å². The Kier molecular flexibility index (Phi) is 5.40. The predicted octanol–water partition coefficient (Wildman–Crippen LogP) is 1.19. The number of hydrogen-bond donors (Lipinski definition) is 2. The van der Waals surface area contributed by atoms with Gasteiger partial charge in [0.25, 0.3) is 0 Å². The molecule has 1 aromatic rings. The van der Waals surface area contributed by atoms with Gasteiger partial charge in [-0.3, -0.25) is 4.68 Å². The molecule has 0 aromatic carbocycles. The molecule has 2 N–H and O–H groups in total. The molecule has 0 bridgehead atoms. The van der Waals surface area contributed by atoms with Crippen LogP contribution in [-0.2, 0) is 16.6 Å². The molecular weight excluding hydrogens is 288 g/mol. The number of aryl methyl sites for hydroxylation is 2. The number of rotatable bonds is 9. The first-order chi connectivity index (χ1) is 9.95. The lowest BCUT2D eigenvalue weighted by molar-refractivity contribution is 0.536. The standard InChI is InChI=1S/C14H26N4O2S/c1-4-15-8-5-9-18-12(3)14(11(2)17-18)21(19,20)16-10-13-6-7-13/h13,15-16H,4-10H2,1-3H3. The van der Waals surface area contributed by atoms with Gasteiger partial charge in [-0.25, -0.2) is 13.1 Å². The fourth-order valence-electron chi connectivity index (χ4n) is 2.44. The lowest BCUT2D eigenvalue weighted by Gasteiger charge is -2.08. The first kappa shape index (κ1) is 16.5. The number of aromatic nitrogens is 2. The van der Waals surface area contributed by atoms with Crippen molar-refractivity contribution in [3.05, 3.63) is 11.4 Å². The minimum atomic E-state index is -3.44. The van der Waals surface area contributed by atoms with Gasteiger partial charge in [0.05, 0.1) is 11.4 Å². The van der Waals surface area contributed by atoms with Crippen LogP contribution in [0.25, 0.3) is 0 Å². The van der Waals surface area contributed by atoms with E-state index in [0.717, 1.165) is 44.6 Å². The van der Waals surface area contributed by atoms with Gasteiger partial charge in [-0.1, -0.05) is 6.92 Å². The first-order valence-corrected chi connectivity index (χ1v) is 9.18. The highest BCUT2D eigenvalue weighted by molar-refractivity contribution is 7.89. The Morgan fingerprint density at radius 2 is 2.05 bits per heavy atom. The molecule has 0 radical (unpaired) electrons. The lowest BCUT2D eigenvalue weighted by Crippen LogP contribution is -2.26. The Hall–Kier alpha value is -0.920. The van der Waals surface area contributed by atoms with E-state index >= 15 is 0 Å². The summed E-state index contributed by atoms with van der Waals surface area (Å²) in [6.45, 7) is 8.81. The van der Waals surface area contributed by atoms with Gasteiger partial charge in [0.1, 0.15) is 4.90 Å². The van der Waals surface area contributed by atoms with Crippen LogP contribution in [0.5, 0.6) is 0 Å². The van der Waals surface area contributed by atoms with Crippen molar-refractivity contribution in [2.45, 2.75) is 51.5 Å². The molecule has 0 amide bonds. The van der Waals surface area contributed by atoms with Crippen molar-refractivity contribution in [3.8, 4) is 0 Å². The van der Waals surface area contributed by atoms with E-state index in [4.69, 9.17) is 0 Å². The normalized spacial score (nSPS) is 15.6. The molecule has 2 rings (SSSR count). The Morgan fingerprint density at radius 3 is 2.67 bits per heavy atom. The van der Waals surface area contributed by atoms with Crippen molar-refractivity contribution in [2.75, 3.05) is 19.6 Å². The van der Waals surface area contributed by atoms with Crippen LogP contribution in [0.2, 0.25) is 0 Å². The van der Waals surface area contributed by atoms with E-state index in [9.17, 15) is 8.42 Å². The summed E-state index contributed by atoms with van der Waals surface area (Å²) >= 11 is 0. The predicted molar refractivity (Wildman–Crippen MR) is 82.8 cm³/mol. The van der Waals surface area contributed by atoms with E-state index in [1.165, 1.54) is 0 Å². The van der Waals surface area contributed by atoms with Crippen LogP contribution in [0.1, 0.15) is 37.6 Å². The number of hydrogen-bond acceptors (Lipinski definition) is 4. The van der Waals surface area contributed by atoms with Crippen molar-refractivity contribution in [2.24, 2.45) is 5.92 Å². The average molecular weight is 314 g/mol. The molecule has 1 aliphatic carbocycles. The molecule has 0 unspecified atom stereocenters. The zero-order valence-electron chi connectivity index (χ0n) is 13.1. The first-order valence-electron chi connectivity index (χ1n) is 7.70. The molecule has 0 aliphatic heterocycles. The van der Waals surface area contributed by atoms with Crippen LogP contribution in [0.4, 0.5) is 0 Å². The molecule has 0 saturated heterocycles. The average Bonchev–Trinajstić information content (AvgIpc) is 3.19. The molecule has 1 fully saturated rings. The third-order valence-electron chi connectivity index (χ3n) is 3.82. The number of sulfonamides is 1. The Labute approximate surface area is 127 Å². The van der Waals surface area contributed by atoms with Crippen molar-refractivity contribution in [1.82, 2.24) is 19.8 Å². The second kappa shape index (κ2) is 6.89. The molecule has 0 spiro atoms. The zero-order chi connectivity index (χ0) is 15.5. The van der Waals surface area contributed by atoms with Crippen LogP contribution in [-0.4, -0.2) is 37.8 Å². The quantitative estimate of drug-likeness (QED) is 0.671. The Balaban J connectivity index is 2.06. The summed E-state index contributed by atoms with van der Waals surface area (Å²) in [6, 6.07) is 0. The van der Waals surface area contributed by atoms with Gasteiger partial charge >= 0.3 is 0 Å². The third-order valence-corrected chi connectivity index (χ3v) is 5.49. The summed E-state index contributed by atoms with van der Waals surface area (Å²) < 4.78 is 29.4. The smallest absolute Gasteiger partial charge is 0.244 e. The van der Waals surface area contributed by atoms with E-state index in [-0.39, 0.29) is 0 Å². The Bertz CT molecular complexity index is 576. The molecule has 1 aliphatic rings. The SMILES string of the molecule is CCNCCCn1nc(C)c(S(=O)(=O)NCC2CC2)c1C. The summed E-state index contributed by atoms with van der Waals surface area (Å²) in [4.78, 5) is 0.353. The number of nitrogens with one attached hydrogen (secondary N) is 2. The maximum absolute atomic E-state index is 12.4. The molecule has 120 valence electrons. The van der Waals surface area contributed by atoms with Gasteiger partial charge in [0, 0.05) is 13.1 Å². The van der Waals surface area contributed by atoms with E-state index in [1.54, 1.807) is 11.6 Å². The maximum Gasteiger partial charge on any atom is 0.244 e. The molecule has 7 heteroatoms. The highest BCUT2D eigenvalue weighted by Gasteiger charge is 2.28. The van der Waals surface area contributed by atoms with Crippen LogP contribution in [0.15, 0.2) is 4.90 Å². The maximum atomic E-state index is 12.4. The number of nitrogens with zero attached hydrogens (tertiary/aromatic N) is 2. The molecular formula is C14H26N4O2S. The van der Waals surface area contributed by atoms with Gasteiger partial charge in [-0.15, -0.1) is 0 Å². The molecule has 1 aromatic heterocycles. The summed E-state index contributed by atoms with van der Waals surface area (Å²) in [5.41, 5.74) is 1.31. The van der Waals surface area contributed by atoms with Crippen molar-refractivity contribution in [1.29, 1.82) is 0 Å². The van der Waals surface area contributed by atoms with Gasteiger partial charge < -0.3 is 5.32 Å². The summed E-state index contributed by atoms with van der Waals surface area (Å²) in [6.07, 6.45) is 3.19. The minimum absolute atomic E-state index is 0.353. The fourth-order valence-corrected chi connectivity index (χ4v) is 3.96. The second-order valence-corrected chi connectivity index (χ2v) is 7.43. The Morgan fingerprint density at radius 1 is 1.33 bits per heavy atom. The van der Waals surface area contributed by atoms with Gasteiger partial charge in [0.15, 0.2) is 0 Å². The molecule has 6 nitrogen and oxygen atoms in total. The van der Waals surface area contributed by atoms with Gasteiger partial charge in [-0.05, 0) is 52.1 Å². The topological polar surface area (TPSA) is 76.0 Å². The van der Waals surface area contributed by atoms with Gasteiger partial charge in [-0.2, -0.15) is 5.10 Å².